The maximum Gasteiger partial charge on any atom is 0.251 e. The first kappa shape index (κ1) is 16.8. The van der Waals surface area contributed by atoms with E-state index in [-0.39, 0.29) is 17.9 Å². The SMILES string of the molecule is C[C@H](CNC(=O)c1ccc2[nH]ncc2c1)NC(=O)c1ccc2[nH]ncc2c1. The third-order valence-corrected chi connectivity index (χ3v) is 4.35. The summed E-state index contributed by atoms with van der Waals surface area (Å²) in [6, 6.07) is 10.4. The first-order valence-electron chi connectivity index (χ1n) is 8.55. The molecule has 0 aliphatic rings. The normalized spacial score (nSPS) is 12.2. The van der Waals surface area contributed by atoms with Gasteiger partial charge in [-0.1, -0.05) is 0 Å². The summed E-state index contributed by atoms with van der Waals surface area (Å²) in [7, 11) is 0. The minimum absolute atomic E-state index is 0.195. The molecule has 0 spiro atoms. The number of rotatable bonds is 5. The number of fused-ring (bicyclic) bond motifs is 2. The Labute approximate surface area is 154 Å². The number of hydrogen-bond acceptors (Lipinski definition) is 4. The number of carbonyl (C=O) groups excluding carboxylic acids is 2. The molecule has 1 atom stereocenters. The quantitative estimate of drug-likeness (QED) is 0.434. The Morgan fingerprint density at radius 2 is 1.48 bits per heavy atom. The number of aromatic nitrogens is 4. The molecule has 27 heavy (non-hydrogen) atoms. The fraction of sp³-hybridized carbons (Fsp3) is 0.158. The highest BCUT2D eigenvalue weighted by molar-refractivity contribution is 5.99. The molecular formula is C19H18N6O2. The third kappa shape index (κ3) is 3.50. The summed E-state index contributed by atoms with van der Waals surface area (Å²) >= 11 is 0. The van der Waals surface area contributed by atoms with Gasteiger partial charge in [-0.3, -0.25) is 19.8 Å². The summed E-state index contributed by atoms with van der Waals surface area (Å²) in [5, 5.41) is 21.1. The van der Waals surface area contributed by atoms with Crippen LogP contribution in [-0.2, 0) is 0 Å². The van der Waals surface area contributed by atoms with Gasteiger partial charge in [-0.25, -0.2) is 0 Å². The maximum atomic E-state index is 12.4. The molecule has 4 aromatic rings. The zero-order chi connectivity index (χ0) is 18.8. The van der Waals surface area contributed by atoms with Crippen molar-refractivity contribution in [2.24, 2.45) is 0 Å². The monoisotopic (exact) mass is 362 g/mol. The van der Waals surface area contributed by atoms with E-state index in [9.17, 15) is 9.59 Å². The van der Waals surface area contributed by atoms with Gasteiger partial charge < -0.3 is 10.6 Å². The van der Waals surface area contributed by atoms with Gasteiger partial charge in [0.15, 0.2) is 0 Å². The fourth-order valence-corrected chi connectivity index (χ4v) is 2.87. The van der Waals surface area contributed by atoms with Gasteiger partial charge in [-0.15, -0.1) is 0 Å². The van der Waals surface area contributed by atoms with Gasteiger partial charge in [0.1, 0.15) is 0 Å². The molecule has 136 valence electrons. The van der Waals surface area contributed by atoms with Gasteiger partial charge in [-0.2, -0.15) is 10.2 Å². The first-order valence-corrected chi connectivity index (χ1v) is 8.55. The van der Waals surface area contributed by atoms with Crippen LogP contribution in [0.1, 0.15) is 27.6 Å². The summed E-state index contributed by atoms with van der Waals surface area (Å²) in [6.45, 7) is 2.16. The molecule has 0 bridgehead atoms. The lowest BCUT2D eigenvalue weighted by Crippen LogP contribution is -2.41. The van der Waals surface area contributed by atoms with Crippen LogP contribution in [0.5, 0.6) is 0 Å². The molecule has 0 fully saturated rings. The Hall–Kier alpha value is -3.68. The van der Waals surface area contributed by atoms with Crippen molar-refractivity contribution in [3.8, 4) is 0 Å². The number of nitrogens with one attached hydrogen (secondary N) is 4. The van der Waals surface area contributed by atoms with Crippen molar-refractivity contribution < 1.29 is 9.59 Å². The molecule has 2 amide bonds. The molecule has 4 N–H and O–H groups in total. The van der Waals surface area contributed by atoms with Crippen LogP contribution < -0.4 is 10.6 Å². The Balaban J connectivity index is 1.34. The largest absolute Gasteiger partial charge is 0.350 e. The Morgan fingerprint density at radius 3 is 2.07 bits per heavy atom. The number of aromatic amines is 2. The lowest BCUT2D eigenvalue weighted by molar-refractivity contribution is 0.0912. The van der Waals surface area contributed by atoms with Gasteiger partial charge >= 0.3 is 0 Å². The Kier molecular flexibility index (Phi) is 4.29. The number of amides is 2. The van der Waals surface area contributed by atoms with Crippen LogP contribution in [0.3, 0.4) is 0 Å². The molecule has 0 aliphatic carbocycles. The van der Waals surface area contributed by atoms with Crippen molar-refractivity contribution >= 4 is 33.6 Å². The smallest absolute Gasteiger partial charge is 0.251 e. The maximum absolute atomic E-state index is 12.4. The van der Waals surface area contributed by atoms with Crippen LogP contribution in [0.2, 0.25) is 0 Å². The van der Waals surface area contributed by atoms with E-state index in [1.54, 1.807) is 36.7 Å². The van der Waals surface area contributed by atoms with Crippen molar-refractivity contribution in [3.05, 3.63) is 59.9 Å². The second-order valence-electron chi connectivity index (χ2n) is 6.43. The molecule has 0 aliphatic heterocycles. The molecule has 4 rings (SSSR count). The van der Waals surface area contributed by atoms with E-state index in [0.717, 1.165) is 21.8 Å². The summed E-state index contributed by atoms with van der Waals surface area (Å²) in [6.07, 6.45) is 3.35. The number of carbonyl (C=O) groups is 2. The highest BCUT2D eigenvalue weighted by Gasteiger charge is 2.13. The summed E-state index contributed by atoms with van der Waals surface area (Å²) in [5.41, 5.74) is 2.85. The topological polar surface area (TPSA) is 116 Å². The number of benzene rings is 2. The van der Waals surface area contributed by atoms with E-state index in [2.05, 4.69) is 31.0 Å². The summed E-state index contributed by atoms with van der Waals surface area (Å²) < 4.78 is 0. The Morgan fingerprint density at radius 1 is 0.926 bits per heavy atom. The van der Waals surface area contributed by atoms with Crippen molar-refractivity contribution in [1.82, 2.24) is 31.0 Å². The molecule has 0 saturated carbocycles. The van der Waals surface area contributed by atoms with Crippen molar-refractivity contribution in [2.45, 2.75) is 13.0 Å². The second-order valence-corrected chi connectivity index (χ2v) is 6.43. The number of hydrogen-bond donors (Lipinski definition) is 4. The lowest BCUT2D eigenvalue weighted by Gasteiger charge is -2.15. The molecule has 0 saturated heterocycles. The third-order valence-electron chi connectivity index (χ3n) is 4.35. The van der Waals surface area contributed by atoms with Crippen molar-refractivity contribution in [3.63, 3.8) is 0 Å². The summed E-state index contributed by atoms with van der Waals surface area (Å²) in [5.74, 6) is -0.390. The first-order chi connectivity index (χ1) is 13.1. The second kappa shape index (κ2) is 6.91. The van der Waals surface area contributed by atoms with Gasteiger partial charge in [-0.05, 0) is 43.3 Å². The predicted molar refractivity (Wildman–Crippen MR) is 101 cm³/mol. The molecule has 2 aromatic carbocycles. The van der Waals surface area contributed by atoms with Gasteiger partial charge in [0.2, 0.25) is 0 Å². The van der Waals surface area contributed by atoms with E-state index >= 15 is 0 Å². The molecule has 2 aromatic heterocycles. The van der Waals surface area contributed by atoms with E-state index in [0.29, 0.717) is 17.7 Å². The van der Waals surface area contributed by atoms with Crippen LogP contribution >= 0.6 is 0 Å². The van der Waals surface area contributed by atoms with Crippen LogP contribution in [0.4, 0.5) is 0 Å². The van der Waals surface area contributed by atoms with E-state index in [4.69, 9.17) is 0 Å². The predicted octanol–water partition coefficient (Wildman–Crippen LogP) is 1.99. The average molecular weight is 362 g/mol. The summed E-state index contributed by atoms with van der Waals surface area (Å²) in [4.78, 5) is 24.7. The molecule has 0 unspecified atom stereocenters. The van der Waals surface area contributed by atoms with Crippen LogP contribution in [0, 0.1) is 0 Å². The molecule has 2 heterocycles. The van der Waals surface area contributed by atoms with Crippen LogP contribution in [0.15, 0.2) is 48.8 Å². The van der Waals surface area contributed by atoms with Gasteiger partial charge in [0, 0.05) is 34.5 Å². The van der Waals surface area contributed by atoms with Crippen LogP contribution in [0.25, 0.3) is 21.8 Å². The molecular weight excluding hydrogens is 344 g/mol. The minimum Gasteiger partial charge on any atom is -0.350 e. The fourth-order valence-electron chi connectivity index (χ4n) is 2.87. The molecule has 8 nitrogen and oxygen atoms in total. The number of nitrogens with zero attached hydrogens (tertiary/aromatic N) is 2. The highest BCUT2D eigenvalue weighted by Crippen LogP contribution is 2.14. The lowest BCUT2D eigenvalue weighted by atomic mass is 10.1. The van der Waals surface area contributed by atoms with E-state index in [1.165, 1.54) is 0 Å². The molecule has 8 heteroatoms. The van der Waals surface area contributed by atoms with E-state index in [1.807, 2.05) is 19.1 Å². The Bertz CT molecular complexity index is 1130. The highest BCUT2D eigenvalue weighted by atomic mass is 16.2. The van der Waals surface area contributed by atoms with Crippen molar-refractivity contribution in [2.75, 3.05) is 6.54 Å². The van der Waals surface area contributed by atoms with Gasteiger partial charge in [0.05, 0.1) is 23.4 Å². The van der Waals surface area contributed by atoms with Crippen LogP contribution in [-0.4, -0.2) is 44.8 Å². The minimum atomic E-state index is -0.223. The standard InChI is InChI=1S/C19H18N6O2/c1-11(23-19(27)13-3-5-17-15(7-13)10-22-25-17)8-20-18(26)12-2-4-16-14(6-12)9-21-24-16/h2-7,9-11H,8H2,1H3,(H,20,26)(H,21,24)(H,22,25)(H,23,27)/t11-/m1/s1. The van der Waals surface area contributed by atoms with Crippen molar-refractivity contribution in [1.29, 1.82) is 0 Å². The zero-order valence-corrected chi connectivity index (χ0v) is 14.6. The number of H-pyrrole nitrogens is 2. The zero-order valence-electron chi connectivity index (χ0n) is 14.6. The molecule has 0 radical (unpaired) electrons. The van der Waals surface area contributed by atoms with Gasteiger partial charge in [0.25, 0.3) is 11.8 Å². The average Bonchev–Trinajstić information content (AvgIpc) is 3.33. The van der Waals surface area contributed by atoms with E-state index < -0.39 is 0 Å².